The summed E-state index contributed by atoms with van der Waals surface area (Å²) in [4.78, 5) is 21.3. The standard InChI is InChI=1S/C9H16O9/c1-3(11)8(16)18-9(17)7(15)6(14)5(13)4(12)2-10/h4-7,9-10,12-15,17H,2H2,1H3/t4-,5-,6-,7-,9?/m1/s1. The molecule has 5 atom stereocenters. The monoisotopic (exact) mass is 268 g/mol. The summed E-state index contributed by atoms with van der Waals surface area (Å²) < 4.78 is 4.06. The molecule has 0 aromatic carbocycles. The Morgan fingerprint density at radius 2 is 1.50 bits per heavy atom. The second-order valence-electron chi connectivity index (χ2n) is 3.57. The molecule has 0 aromatic rings. The molecule has 0 rings (SSSR count). The Labute approximate surface area is 102 Å². The first-order valence-electron chi connectivity index (χ1n) is 4.95. The van der Waals surface area contributed by atoms with Crippen molar-refractivity contribution in [2.75, 3.05) is 6.61 Å². The highest BCUT2D eigenvalue weighted by atomic mass is 16.6. The van der Waals surface area contributed by atoms with E-state index < -0.39 is 49.1 Å². The number of ether oxygens (including phenoxy) is 1. The third kappa shape index (κ3) is 4.64. The van der Waals surface area contributed by atoms with Gasteiger partial charge in [0, 0.05) is 6.92 Å². The highest BCUT2D eigenvalue weighted by Crippen LogP contribution is 2.09. The van der Waals surface area contributed by atoms with E-state index in [9.17, 15) is 24.9 Å². The molecule has 0 spiro atoms. The maximum Gasteiger partial charge on any atom is 0.376 e. The normalized spacial score (nSPS) is 19.5. The Kier molecular flexibility index (Phi) is 6.91. The third-order valence-electron chi connectivity index (χ3n) is 2.09. The van der Waals surface area contributed by atoms with Crippen molar-refractivity contribution in [3.63, 3.8) is 0 Å². The van der Waals surface area contributed by atoms with Gasteiger partial charge < -0.3 is 35.4 Å². The molecule has 0 aromatic heterocycles. The van der Waals surface area contributed by atoms with E-state index in [1.165, 1.54) is 0 Å². The molecule has 0 radical (unpaired) electrons. The van der Waals surface area contributed by atoms with Gasteiger partial charge >= 0.3 is 5.97 Å². The summed E-state index contributed by atoms with van der Waals surface area (Å²) in [7, 11) is 0. The molecular weight excluding hydrogens is 252 g/mol. The number of aliphatic hydroxyl groups is 6. The summed E-state index contributed by atoms with van der Waals surface area (Å²) in [5, 5.41) is 54.4. The van der Waals surface area contributed by atoms with Crippen LogP contribution in [-0.4, -0.2) is 79.7 Å². The fraction of sp³-hybridized carbons (Fsp3) is 0.778. The van der Waals surface area contributed by atoms with Crippen molar-refractivity contribution >= 4 is 11.8 Å². The van der Waals surface area contributed by atoms with Crippen LogP contribution < -0.4 is 0 Å². The van der Waals surface area contributed by atoms with E-state index in [1.807, 2.05) is 0 Å². The lowest BCUT2D eigenvalue weighted by atomic mass is 10.0. The fourth-order valence-corrected chi connectivity index (χ4v) is 0.969. The van der Waals surface area contributed by atoms with Gasteiger partial charge in [-0.2, -0.15) is 0 Å². The van der Waals surface area contributed by atoms with Crippen LogP contribution in [0.25, 0.3) is 0 Å². The van der Waals surface area contributed by atoms with Gasteiger partial charge in [-0.25, -0.2) is 4.79 Å². The first kappa shape index (κ1) is 16.9. The minimum Gasteiger partial charge on any atom is -0.427 e. The van der Waals surface area contributed by atoms with Gasteiger partial charge in [0.2, 0.25) is 12.1 Å². The number of aliphatic hydroxyl groups excluding tert-OH is 6. The molecule has 0 bridgehead atoms. The van der Waals surface area contributed by atoms with Crippen LogP contribution in [0.5, 0.6) is 0 Å². The van der Waals surface area contributed by atoms with E-state index in [1.54, 1.807) is 0 Å². The van der Waals surface area contributed by atoms with Gasteiger partial charge in [0.15, 0.2) is 0 Å². The highest BCUT2D eigenvalue weighted by molar-refractivity contribution is 6.32. The SMILES string of the molecule is CC(=O)C(=O)OC(O)[C@H](O)[C@H](O)[C@H](O)[C@H](O)CO. The quantitative estimate of drug-likeness (QED) is 0.153. The van der Waals surface area contributed by atoms with Crippen LogP contribution in [0.15, 0.2) is 0 Å². The minimum absolute atomic E-state index is 0.863. The summed E-state index contributed by atoms with van der Waals surface area (Å²) in [6.45, 7) is -0.0312. The number of hydrogen-bond donors (Lipinski definition) is 6. The molecule has 6 N–H and O–H groups in total. The van der Waals surface area contributed by atoms with E-state index in [2.05, 4.69) is 4.74 Å². The number of hydrogen-bond acceptors (Lipinski definition) is 9. The van der Waals surface area contributed by atoms with Crippen LogP contribution in [0.4, 0.5) is 0 Å². The van der Waals surface area contributed by atoms with Gasteiger partial charge in [0.05, 0.1) is 6.61 Å². The molecule has 0 aliphatic rings. The summed E-state index contributed by atoms with van der Waals surface area (Å²) in [5.41, 5.74) is 0. The Bertz CT molecular complexity index is 292. The van der Waals surface area contributed by atoms with Crippen LogP contribution in [0.3, 0.4) is 0 Å². The lowest BCUT2D eigenvalue weighted by Gasteiger charge is -2.27. The second kappa shape index (κ2) is 7.36. The van der Waals surface area contributed by atoms with Crippen LogP contribution in [0, 0.1) is 0 Å². The van der Waals surface area contributed by atoms with Crippen LogP contribution in [-0.2, 0) is 14.3 Å². The molecular formula is C9H16O9. The zero-order valence-corrected chi connectivity index (χ0v) is 9.50. The molecule has 9 heteroatoms. The van der Waals surface area contributed by atoms with Crippen molar-refractivity contribution in [3.05, 3.63) is 0 Å². The summed E-state index contributed by atoms with van der Waals surface area (Å²) in [5.74, 6) is -2.47. The van der Waals surface area contributed by atoms with Crippen LogP contribution in [0.1, 0.15) is 6.92 Å². The predicted molar refractivity (Wildman–Crippen MR) is 53.9 cm³/mol. The first-order chi connectivity index (χ1) is 8.22. The summed E-state index contributed by atoms with van der Waals surface area (Å²) in [6, 6.07) is 0. The van der Waals surface area contributed by atoms with E-state index in [0.717, 1.165) is 6.92 Å². The predicted octanol–water partition coefficient (Wildman–Crippen LogP) is -4.13. The maximum atomic E-state index is 10.8. The molecule has 0 saturated heterocycles. The number of esters is 1. The maximum absolute atomic E-state index is 10.8. The molecule has 1 unspecified atom stereocenters. The Balaban J connectivity index is 4.49. The van der Waals surface area contributed by atoms with Crippen molar-refractivity contribution in [3.8, 4) is 0 Å². The molecule has 0 aliphatic carbocycles. The highest BCUT2D eigenvalue weighted by Gasteiger charge is 2.36. The van der Waals surface area contributed by atoms with Crippen molar-refractivity contribution < 1.29 is 45.0 Å². The average molecular weight is 268 g/mol. The van der Waals surface area contributed by atoms with Crippen molar-refractivity contribution in [2.45, 2.75) is 37.6 Å². The number of carbonyl (C=O) groups is 2. The van der Waals surface area contributed by atoms with E-state index >= 15 is 0 Å². The van der Waals surface area contributed by atoms with Crippen LogP contribution in [0.2, 0.25) is 0 Å². The van der Waals surface area contributed by atoms with Gasteiger partial charge in [-0.3, -0.25) is 4.79 Å². The smallest absolute Gasteiger partial charge is 0.376 e. The number of rotatable bonds is 7. The molecule has 106 valence electrons. The third-order valence-corrected chi connectivity index (χ3v) is 2.09. The van der Waals surface area contributed by atoms with Gasteiger partial charge in [0.25, 0.3) is 0 Å². The van der Waals surface area contributed by atoms with Gasteiger partial charge in [-0.05, 0) is 0 Å². The van der Waals surface area contributed by atoms with E-state index in [-0.39, 0.29) is 0 Å². The number of ketones is 1. The van der Waals surface area contributed by atoms with Crippen molar-refractivity contribution in [1.29, 1.82) is 0 Å². The second-order valence-corrected chi connectivity index (χ2v) is 3.57. The molecule has 0 heterocycles. The topological polar surface area (TPSA) is 165 Å². The van der Waals surface area contributed by atoms with Gasteiger partial charge in [0.1, 0.15) is 24.4 Å². The fourth-order valence-electron chi connectivity index (χ4n) is 0.969. The lowest BCUT2D eigenvalue weighted by Crippen LogP contribution is -2.51. The lowest BCUT2D eigenvalue weighted by molar-refractivity contribution is -0.213. The minimum atomic E-state index is -2.27. The van der Waals surface area contributed by atoms with E-state index in [0.29, 0.717) is 0 Å². The average Bonchev–Trinajstić information content (AvgIpc) is 2.34. The largest absolute Gasteiger partial charge is 0.427 e. The Morgan fingerprint density at radius 1 is 1.00 bits per heavy atom. The molecule has 0 aliphatic heterocycles. The van der Waals surface area contributed by atoms with Crippen LogP contribution >= 0.6 is 0 Å². The number of Topliss-reactive ketones (excluding diaryl/α,β-unsaturated/α-hetero) is 1. The zero-order chi connectivity index (χ0) is 14.5. The molecule has 0 amide bonds. The molecule has 0 saturated carbocycles. The Hall–Kier alpha value is -1.10. The van der Waals surface area contributed by atoms with E-state index in [4.69, 9.17) is 15.3 Å². The summed E-state index contributed by atoms with van der Waals surface area (Å²) >= 11 is 0. The number of carbonyl (C=O) groups excluding carboxylic acids is 2. The van der Waals surface area contributed by atoms with Gasteiger partial charge in [-0.1, -0.05) is 0 Å². The first-order valence-corrected chi connectivity index (χ1v) is 4.95. The molecule has 18 heavy (non-hydrogen) atoms. The molecule has 0 fully saturated rings. The Morgan fingerprint density at radius 3 is 1.89 bits per heavy atom. The van der Waals surface area contributed by atoms with Crippen molar-refractivity contribution in [2.24, 2.45) is 0 Å². The van der Waals surface area contributed by atoms with Crippen molar-refractivity contribution in [1.82, 2.24) is 0 Å². The van der Waals surface area contributed by atoms with Gasteiger partial charge in [-0.15, -0.1) is 0 Å². The molecule has 9 nitrogen and oxygen atoms in total. The zero-order valence-electron chi connectivity index (χ0n) is 9.50. The summed E-state index contributed by atoms with van der Waals surface area (Å²) in [6.07, 6.45) is -10.3.